The van der Waals surface area contributed by atoms with Crippen LogP contribution in [-0.4, -0.2) is 60.4 Å². The molecule has 0 radical (unpaired) electrons. The first-order valence-corrected chi connectivity index (χ1v) is 11.1. The molecule has 33 heavy (non-hydrogen) atoms. The Labute approximate surface area is 195 Å². The number of aliphatic hydroxyl groups is 1. The number of aliphatic hydroxyl groups excluding tert-OH is 1. The maximum absolute atomic E-state index is 13.1. The number of ether oxygens (including phenoxy) is 1. The number of nitrogens with zero attached hydrogens (tertiary/aromatic N) is 2. The quantitative estimate of drug-likeness (QED) is 0.267. The molecule has 1 aliphatic rings. The molecule has 6 heteroatoms. The molecular weight excluding hydrogens is 416 g/mol. The minimum Gasteiger partial charge on any atom is -0.507 e. The molecule has 0 unspecified atom stereocenters. The Balaban J connectivity index is 2.06. The summed E-state index contributed by atoms with van der Waals surface area (Å²) in [6.07, 6.45) is 1.65. The number of Topliss-reactive ketones (excluding diaryl/α,β-unsaturated/α-hetero) is 1. The highest BCUT2D eigenvalue weighted by molar-refractivity contribution is 6.46. The van der Waals surface area contributed by atoms with E-state index in [0.717, 1.165) is 5.56 Å². The van der Waals surface area contributed by atoms with Crippen LogP contribution in [0.2, 0.25) is 0 Å². The maximum atomic E-state index is 13.1. The van der Waals surface area contributed by atoms with E-state index >= 15 is 0 Å². The third kappa shape index (κ3) is 5.34. The zero-order chi connectivity index (χ0) is 24.1. The van der Waals surface area contributed by atoms with Crippen LogP contribution < -0.4 is 4.74 Å². The van der Waals surface area contributed by atoms with Gasteiger partial charge in [-0.15, -0.1) is 0 Å². The molecule has 1 N–H and O–H groups in total. The molecule has 0 bridgehead atoms. The Kier molecular flexibility index (Phi) is 7.71. The topological polar surface area (TPSA) is 70.1 Å². The van der Waals surface area contributed by atoms with Crippen molar-refractivity contribution < 1.29 is 19.4 Å². The number of rotatable bonds is 9. The molecule has 3 rings (SSSR count). The Morgan fingerprint density at radius 1 is 1.12 bits per heavy atom. The standard InChI is InChI=1S/C27H32N2O4/c1-6-17-33-22-13-11-21(12-14-22)25(30)23-24(20-9-7-19(8-10-20)18(2)3)29(16-15-28(4)5)27(32)26(23)31/h6-14,18,24,30H,1,15-17H2,2-5H3/t24-/m0/s1. The summed E-state index contributed by atoms with van der Waals surface area (Å²) in [7, 11) is 3.83. The summed E-state index contributed by atoms with van der Waals surface area (Å²) in [5.74, 6) is -0.466. The first-order chi connectivity index (χ1) is 15.7. The Hall–Kier alpha value is -3.38. The number of hydrogen-bond donors (Lipinski definition) is 1. The van der Waals surface area contributed by atoms with Gasteiger partial charge in [-0.05, 0) is 55.4 Å². The van der Waals surface area contributed by atoms with E-state index in [2.05, 4.69) is 20.4 Å². The second-order valence-electron chi connectivity index (χ2n) is 8.74. The van der Waals surface area contributed by atoms with E-state index in [1.54, 1.807) is 35.2 Å². The van der Waals surface area contributed by atoms with E-state index in [9.17, 15) is 14.7 Å². The summed E-state index contributed by atoms with van der Waals surface area (Å²) in [6.45, 7) is 9.19. The SMILES string of the molecule is C=CCOc1ccc(C(O)=C2C(=O)C(=O)N(CCN(C)C)[C@H]2c2ccc(C(C)C)cc2)cc1. The number of likely N-dealkylation sites (tertiary alicyclic amines) is 1. The summed E-state index contributed by atoms with van der Waals surface area (Å²) in [6, 6.07) is 14.0. The summed E-state index contributed by atoms with van der Waals surface area (Å²) >= 11 is 0. The van der Waals surface area contributed by atoms with Crippen molar-refractivity contribution in [2.45, 2.75) is 25.8 Å². The van der Waals surface area contributed by atoms with Gasteiger partial charge in [-0.25, -0.2) is 0 Å². The molecule has 1 fully saturated rings. The first-order valence-electron chi connectivity index (χ1n) is 11.1. The average Bonchev–Trinajstić information content (AvgIpc) is 3.06. The van der Waals surface area contributed by atoms with E-state index in [-0.39, 0.29) is 11.3 Å². The highest BCUT2D eigenvalue weighted by Gasteiger charge is 2.45. The van der Waals surface area contributed by atoms with Crippen molar-refractivity contribution in [2.24, 2.45) is 0 Å². The van der Waals surface area contributed by atoms with Crippen LogP contribution in [0.5, 0.6) is 5.75 Å². The van der Waals surface area contributed by atoms with Crippen LogP contribution in [0.25, 0.3) is 5.76 Å². The van der Waals surface area contributed by atoms with Crippen LogP contribution in [-0.2, 0) is 9.59 Å². The molecule has 1 aliphatic heterocycles. The number of carbonyl (C=O) groups excluding carboxylic acids is 2. The van der Waals surface area contributed by atoms with Gasteiger partial charge in [0.05, 0.1) is 11.6 Å². The van der Waals surface area contributed by atoms with Gasteiger partial charge in [0.15, 0.2) is 0 Å². The largest absolute Gasteiger partial charge is 0.507 e. The first kappa shape index (κ1) is 24.3. The van der Waals surface area contributed by atoms with Crippen molar-refractivity contribution in [3.63, 3.8) is 0 Å². The van der Waals surface area contributed by atoms with Crippen LogP contribution >= 0.6 is 0 Å². The third-order valence-corrected chi connectivity index (χ3v) is 5.74. The Morgan fingerprint density at radius 3 is 2.30 bits per heavy atom. The van der Waals surface area contributed by atoms with Crippen LogP contribution in [0.4, 0.5) is 0 Å². The third-order valence-electron chi connectivity index (χ3n) is 5.74. The van der Waals surface area contributed by atoms with Gasteiger partial charge in [-0.3, -0.25) is 9.59 Å². The minimum absolute atomic E-state index is 0.107. The van der Waals surface area contributed by atoms with Crippen molar-refractivity contribution in [3.8, 4) is 5.75 Å². The minimum atomic E-state index is -0.670. The monoisotopic (exact) mass is 448 g/mol. The number of hydrogen-bond acceptors (Lipinski definition) is 5. The molecular formula is C27H32N2O4. The molecule has 1 heterocycles. The molecule has 1 amide bonds. The van der Waals surface area contributed by atoms with Gasteiger partial charge in [0, 0.05) is 18.7 Å². The van der Waals surface area contributed by atoms with E-state index in [1.165, 1.54) is 5.56 Å². The molecule has 174 valence electrons. The van der Waals surface area contributed by atoms with Crippen LogP contribution in [0.15, 0.2) is 66.8 Å². The van der Waals surface area contributed by atoms with Crippen molar-refractivity contribution >= 4 is 17.4 Å². The molecule has 0 saturated carbocycles. The highest BCUT2D eigenvalue weighted by Crippen LogP contribution is 2.39. The molecule has 0 spiro atoms. The van der Waals surface area contributed by atoms with Crippen molar-refractivity contribution in [1.82, 2.24) is 9.80 Å². The summed E-state index contributed by atoms with van der Waals surface area (Å²) < 4.78 is 5.50. The highest BCUT2D eigenvalue weighted by atomic mass is 16.5. The summed E-state index contributed by atoms with van der Waals surface area (Å²) in [5.41, 5.74) is 2.52. The van der Waals surface area contributed by atoms with E-state index in [0.29, 0.717) is 36.9 Å². The fraction of sp³-hybridized carbons (Fsp3) is 0.333. The smallest absolute Gasteiger partial charge is 0.295 e. The second kappa shape index (κ2) is 10.5. The predicted octanol–water partition coefficient (Wildman–Crippen LogP) is 4.36. The van der Waals surface area contributed by atoms with Gasteiger partial charge in [-0.1, -0.05) is 50.8 Å². The molecule has 0 aromatic heterocycles. The van der Waals surface area contributed by atoms with Gasteiger partial charge in [0.2, 0.25) is 0 Å². The van der Waals surface area contributed by atoms with Gasteiger partial charge in [-0.2, -0.15) is 0 Å². The van der Waals surface area contributed by atoms with Gasteiger partial charge >= 0.3 is 0 Å². The zero-order valence-corrected chi connectivity index (χ0v) is 19.7. The fourth-order valence-corrected chi connectivity index (χ4v) is 3.85. The van der Waals surface area contributed by atoms with Crippen molar-refractivity contribution in [2.75, 3.05) is 33.8 Å². The van der Waals surface area contributed by atoms with Gasteiger partial charge < -0.3 is 19.6 Å². The van der Waals surface area contributed by atoms with Crippen molar-refractivity contribution in [3.05, 3.63) is 83.4 Å². The second-order valence-corrected chi connectivity index (χ2v) is 8.74. The maximum Gasteiger partial charge on any atom is 0.295 e. The Morgan fingerprint density at radius 2 is 1.76 bits per heavy atom. The molecule has 2 aromatic carbocycles. The summed E-state index contributed by atoms with van der Waals surface area (Å²) in [5, 5.41) is 11.2. The fourth-order valence-electron chi connectivity index (χ4n) is 3.85. The Bertz CT molecular complexity index is 1040. The van der Waals surface area contributed by atoms with E-state index < -0.39 is 17.7 Å². The average molecular weight is 449 g/mol. The molecule has 1 saturated heterocycles. The lowest BCUT2D eigenvalue weighted by Gasteiger charge is -2.27. The number of carbonyl (C=O) groups is 2. The van der Waals surface area contributed by atoms with Crippen LogP contribution in [0, 0.1) is 0 Å². The van der Waals surface area contributed by atoms with Gasteiger partial charge in [0.25, 0.3) is 11.7 Å². The lowest BCUT2D eigenvalue weighted by Crippen LogP contribution is -2.35. The van der Waals surface area contributed by atoms with Crippen LogP contribution in [0.1, 0.15) is 42.5 Å². The lowest BCUT2D eigenvalue weighted by molar-refractivity contribution is -0.140. The molecule has 2 aromatic rings. The molecule has 1 atom stereocenters. The normalized spacial score (nSPS) is 17.8. The summed E-state index contributed by atoms with van der Waals surface area (Å²) in [4.78, 5) is 29.6. The number of amides is 1. The molecule has 0 aliphatic carbocycles. The molecule has 6 nitrogen and oxygen atoms in total. The lowest BCUT2D eigenvalue weighted by atomic mass is 9.93. The number of benzene rings is 2. The van der Waals surface area contributed by atoms with Gasteiger partial charge in [0.1, 0.15) is 18.1 Å². The number of likely N-dealkylation sites (N-methyl/N-ethyl adjacent to an activating group) is 1. The predicted molar refractivity (Wildman–Crippen MR) is 130 cm³/mol. The van der Waals surface area contributed by atoms with Crippen molar-refractivity contribution in [1.29, 1.82) is 0 Å². The zero-order valence-electron chi connectivity index (χ0n) is 19.7. The van der Waals surface area contributed by atoms with E-state index in [4.69, 9.17) is 4.74 Å². The number of ketones is 1. The van der Waals surface area contributed by atoms with Crippen LogP contribution in [0.3, 0.4) is 0 Å². The van der Waals surface area contributed by atoms with E-state index in [1.807, 2.05) is 43.3 Å².